The minimum Gasteiger partial charge on any atom is -0.493 e. The molecule has 0 unspecified atom stereocenters. The van der Waals surface area contributed by atoms with Crippen LogP contribution in [-0.4, -0.2) is 21.6 Å². The van der Waals surface area contributed by atoms with Crippen molar-refractivity contribution in [3.05, 3.63) is 89.2 Å². The van der Waals surface area contributed by atoms with Gasteiger partial charge in [-0.05, 0) is 66.8 Å². The molecule has 1 aliphatic heterocycles. The number of benzene rings is 3. The molecule has 0 radical (unpaired) electrons. The third kappa shape index (κ3) is 5.42. The Kier molecular flexibility index (Phi) is 6.53. The second kappa shape index (κ2) is 9.49. The summed E-state index contributed by atoms with van der Waals surface area (Å²) in [5.41, 5.74) is 3.21. The first-order valence-corrected chi connectivity index (χ1v) is 11.8. The van der Waals surface area contributed by atoms with E-state index in [9.17, 15) is 12.8 Å². The average molecular weight is 441 g/mol. The van der Waals surface area contributed by atoms with Gasteiger partial charge in [0.2, 0.25) is 0 Å². The highest BCUT2D eigenvalue weighted by Crippen LogP contribution is 2.25. The van der Waals surface area contributed by atoms with Crippen molar-refractivity contribution in [2.24, 2.45) is 0 Å². The highest BCUT2D eigenvalue weighted by atomic mass is 32.2. The molecule has 1 heterocycles. The summed E-state index contributed by atoms with van der Waals surface area (Å²) >= 11 is 0. The van der Waals surface area contributed by atoms with Gasteiger partial charge < -0.3 is 10.1 Å². The molecule has 0 fully saturated rings. The predicted octanol–water partition coefficient (Wildman–Crippen LogP) is 4.28. The lowest BCUT2D eigenvalue weighted by Crippen LogP contribution is -2.24. The molecule has 0 amide bonds. The number of ether oxygens (including phenoxy) is 1. The Morgan fingerprint density at radius 3 is 2.65 bits per heavy atom. The zero-order valence-electron chi connectivity index (χ0n) is 17.1. The van der Waals surface area contributed by atoms with Crippen LogP contribution in [0.3, 0.4) is 0 Å². The largest absolute Gasteiger partial charge is 0.493 e. The van der Waals surface area contributed by atoms with Gasteiger partial charge in [0, 0.05) is 12.6 Å². The molecule has 0 bridgehead atoms. The molecule has 3 aromatic carbocycles. The number of sulfonamides is 1. The van der Waals surface area contributed by atoms with Crippen LogP contribution in [0.2, 0.25) is 0 Å². The van der Waals surface area contributed by atoms with Crippen LogP contribution in [0.1, 0.15) is 23.1 Å². The molecule has 0 atom stereocenters. The van der Waals surface area contributed by atoms with Gasteiger partial charge in [-0.3, -0.25) is 4.72 Å². The SMILES string of the molecule is O=S(=O)(Nc1ccc(OCCCc2ccccc2)cc1F)c1ccc2c(c1)CCNC2. The molecular formula is C24H25FN2O3S. The maximum absolute atomic E-state index is 14.5. The molecule has 5 nitrogen and oxygen atoms in total. The fourth-order valence-corrected chi connectivity index (χ4v) is 4.72. The fourth-order valence-electron chi connectivity index (χ4n) is 3.60. The number of nitrogens with one attached hydrogen (secondary N) is 2. The van der Waals surface area contributed by atoms with Gasteiger partial charge in [0.15, 0.2) is 5.82 Å². The van der Waals surface area contributed by atoms with Crippen molar-refractivity contribution in [2.75, 3.05) is 17.9 Å². The van der Waals surface area contributed by atoms with Gasteiger partial charge in [-0.1, -0.05) is 36.4 Å². The van der Waals surface area contributed by atoms with E-state index in [1.165, 1.54) is 17.7 Å². The molecule has 0 saturated heterocycles. The molecule has 162 valence electrons. The van der Waals surface area contributed by atoms with Crippen LogP contribution in [0.15, 0.2) is 71.6 Å². The van der Waals surface area contributed by atoms with Crippen LogP contribution < -0.4 is 14.8 Å². The lowest BCUT2D eigenvalue weighted by molar-refractivity contribution is 0.309. The smallest absolute Gasteiger partial charge is 0.261 e. The maximum Gasteiger partial charge on any atom is 0.261 e. The van der Waals surface area contributed by atoms with Gasteiger partial charge in [-0.2, -0.15) is 0 Å². The van der Waals surface area contributed by atoms with E-state index < -0.39 is 15.8 Å². The van der Waals surface area contributed by atoms with Crippen molar-refractivity contribution in [3.8, 4) is 5.75 Å². The third-order valence-electron chi connectivity index (χ3n) is 5.28. The van der Waals surface area contributed by atoms with Crippen molar-refractivity contribution in [3.63, 3.8) is 0 Å². The Morgan fingerprint density at radius 2 is 1.84 bits per heavy atom. The highest BCUT2D eigenvalue weighted by molar-refractivity contribution is 7.92. The Hall–Kier alpha value is -2.90. The van der Waals surface area contributed by atoms with Gasteiger partial charge in [0.1, 0.15) is 5.75 Å². The standard InChI is InChI=1S/C24H25FN2O3S/c25-23-16-21(30-14-4-7-18-5-2-1-3-6-18)9-11-24(23)27-31(28,29)22-10-8-20-17-26-13-12-19(20)15-22/h1-3,5-6,8-11,15-16,26-27H,4,7,12-14,17H2. The van der Waals surface area contributed by atoms with Gasteiger partial charge in [-0.25, -0.2) is 12.8 Å². The Bertz CT molecular complexity index is 1150. The number of hydrogen-bond acceptors (Lipinski definition) is 4. The van der Waals surface area contributed by atoms with E-state index in [1.807, 2.05) is 18.2 Å². The maximum atomic E-state index is 14.5. The summed E-state index contributed by atoms with van der Waals surface area (Å²) in [5.74, 6) is -0.305. The van der Waals surface area contributed by atoms with Crippen molar-refractivity contribution >= 4 is 15.7 Å². The molecule has 0 spiro atoms. The summed E-state index contributed by atoms with van der Waals surface area (Å²) in [6.07, 6.45) is 2.44. The molecule has 0 aliphatic carbocycles. The van der Waals surface area contributed by atoms with Crippen molar-refractivity contribution in [1.29, 1.82) is 0 Å². The first-order chi connectivity index (χ1) is 15.0. The van der Waals surface area contributed by atoms with Crippen molar-refractivity contribution in [1.82, 2.24) is 5.32 Å². The molecular weight excluding hydrogens is 415 g/mol. The van der Waals surface area contributed by atoms with Gasteiger partial charge in [-0.15, -0.1) is 0 Å². The molecule has 7 heteroatoms. The molecule has 0 aromatic heterocycles. The van der Waals surface area contributed by atoms with Crippen molar-refractivity contribution in [2.45, 2.75) is 30.7 Å². The van der Waals surface area contributed by atoms with E-state index in [0.717, 1.165) is 43.5 Å². The fraction of sp³-hybridized carbons (Fsp3) is 0.250. The minimum absolute atomic E-state index is 0.101. The molecule has 31 heavy (non-hydrogen) atoms. The average Bonchev–Trinajstić information content (AvgIpc) is 2.79. The van der Waals surface area contributed by atoms with Crippen molar-refractivity contribution < 1.29 is 17.5 Å². The van der Waals surface area contributed by atoms with Crippen LogP contribution in [-0.2, 0) is 29.4 Å². The number of fused-ring (bicyclic) bond motifs is 1. The van der Waals surface area contributed by atoms with Crippen LogP contribution >= 0.6 is 0 Å². The summed E-state index contributed by atoms with van der Waals surface area (Å²) < 4.78 is 48.0. The highest BCUT2D eigenvalue weighted by Gasteiger charge is 2.19. The number of aryl methyl sites for hydroxylation is 1. The molecule has 1 aliphatic rings. The van der Waals surface area contributed by atoms with E-state index in [-0.39, 0.29) is 10.6 Å². The topological polar surface area (TPSA) is 67.4 Å². The van der Waals surface area contributed by atoms with Gasteiger partial charge in [0.05, 0.1) is 17.2 Å². The Balaban J connectivity index is 1.37. The minimum atomic E-state index is -3.88. The third-order valence-corrected chi connectivity index (χ3v) is 6.64. The first kappa shape index (κ1) is 21.3. The predicted molar refractivity (Wildman–Crippen MR) is 119 cm³/mol. The number of hydrogen-bond donors (Lipinski definition) is 2. The molecule has 4 rings (SSSR count). The number of halogens is 1. The van der Waals surface area contributed by atoms with E-state index in [2.05, 4.69) is 22.2 Å². The molecule has 0 saturated carbocycles. The van der Waals surface area contributed by atoms with Crippen LogP contribution in [0.25, 0.3) is 0 Å². The Morgan fingerprint density at radius 1 is 1.00 bits per heavy atom. The summed E-state index contributed by atoms with van der Waals surface area (Å²) in [4.78, 5) is 0.133. The first-order valence-electron chi connectivity index (χ1n) is 10.3. The monoisotopic (exact) mass is 440 g/mol. The Labute approximate surface area is 182 Å². The second-order valence-corrected chi connectivity index (χ2v) is 9.22. The second-order valence-electron chi connectivity index (χ2n) is 7.54. The molecule has 2 N–H and O–H groups in total. The van der Waals surface area contributed by atoms with E-state index in [4.69, 9.17) is 4.74 Å². The number of anilines is 1. The summed E-state index contributed by atoms with van der Waals surface area (Å²) in [6, 6.07) is 19.3. The van der Waals surface area contributed by atoms with Crippen LogP contribution in [0.5, 0.6) is 5.75 Å². The van der Waals surface area contributed by atoms with Crippen LogP contribution in [0, 0.1) is 5.82 Å². The lowest BCUT2D eigenvalue weighted by atomic mass is 10.0. The van der Waals surface area contributed by atoms with E-state index >= 15 is 0 Å². The summed E-state index contributed by atoms with van der Waals surface area (Å²) in [6.45, 7) is 1.99. The lowest BCUT2D eigenvalue weighted by Gasteiger charge is -2.18. The normalized spacial score (nSPS) is 13.5. The zero-order valence-corrected chi connectivity index (χ0v) is 17.9. The van der Waals surface area contributed by atoms with Crippen LogP contribution in [0.4, 0.5) is 10.1 Å². The zero-order chi connectivity index (χ0) is 21.7. The van der Waals surface area contributed by atoms with Gasteiger partial charge >= 0.3 is 0 Å². The summed E-state index contributed by atoms with van der Waals surface area (Å²) in [7, 11) is -3.88. The van der Waals surface area contributed by atoms with E-state index in [1.54, 1.807) is 24.3 Å². The van der Waals surface area contributed by atoms with Gasteiger partial charge in [0.25, 0.3) is 10.0 Å². The van der Waals surface area contributed by atoms with E-state index in [0.29, 0.717) is 12.4 Å². The summed E-state index contributed by atoms with van der Waals surface area (Å²) in [5, 5.41) is 3.25. The quantitative estimate of drug-likeness (QED) is 0.513. The number of rotatable bonds is 8. The molecule has 3 aromatic rings.